The Labute approximate surface area is 235 Å². The van der Waals surface area contributed by atoms with Gasteiger partial charge in [0.1, 0.15) is 0 Å². The topological polar surface area (TPSA) is 8.17 Å². The van der Waals surface area contributed by atoms with Crippen LogP contribution in [0.4, 0.5) is 11.4 Å². The van der Waals surface area contributed by atoms with Crippen LogP contribution in [-0.2, 0) is 5.41 Å². The minimum atomic E-state index is 0.0808. The van der Waals surface area contributed by atoms with E-state index in [1.165, 1.54) is 97.3 Å². The average molecular weight is 514 g/mol. The summed E-state index contributed by atoms with van der Waals surface area (Å²) in [6.07, 6.45) is 5.14. The fourth-order valence-corrected chi connectivity index (χ4v) is 9.65. The summed E-state index contributed by atoms with van der Waals surface area (Å²) < 4.78 is 2.61. The molecule has 0 bridgehead atoms. The standard InChI is InChI=1S/C37H31BN2/c1-22-20-30-33-31(21-22)40-35-26(36(2)18-6-7-19-37(36,40)3)13-9-15-28(35)38(33)27-14-8-12-25-32-24-11-5-4-10-23(24)16-17-29(32)39(30)34(25)27/h4-5,8-17,20-21H,6-7,18-19H2,1-3H3. The second-order valence-corrected chi connectivity index (χ2v) is 13.3. The predicted octanol–water partition coefficient (Wildman–Crippen LogP) is 7.13. The zero-order chi connectivity index (χ0) is 26.5. The minimum absolute atomic E-state index is 0.0808. The Morgan fingerprint density at radius 1 is 0.750 bits per heavy atom. The van der Waals surface area contributed by atoms with Gasteiger partial charge in [-0.3, -0.25) is 0 Å². The lowest BCUT2D eigenvalue weighted by molar-refractivity contribution is 0.195. The quantitative estimate of drug-likeness (QED) is 0.196. The van der Waals surface area contributed by atoms with Crippen molar-refractivity contribution >= 4 is 67.1 Å². The highest BCUT2D eigenvalue weighted by Crippen LogP contribution is 2.61. The van der Waals surface area contributed by atoms with Gasteiger partial charge in [-0.05, 0) is 83.2 Å². The van der Waals surface area contributed by atoms with E-state index in [0.29, 0.717) is 0 Å². The van der Waals surface area contributed by atoms with E-state index >= 15 is 0 Å². The molecule has 0 radical (unpaired) electrons. The molecule has 4 aliphatic rings. The maximum atomic E-state index is 2.82. The van der Waals surface area contributed by atoms with Gasteiger partial charge < -0.3 is 9.47 Å². The summed E-state index contributed by atoms with van der Waals surface area (Å²) >= 11 is 0. The lowest BCUT2D eigenvalue weighted by Gasteiger charge is -2.52. The Balaban J connectivity index is 1.42. The first kappa shape index (κ1) is 21.8. The molecule has 3 aliphatic heterocycles. The zero-order valence-corrected chi connectivity index (χ0v) is 23.4. The van der Waals surface area contributed by atoms with Gasteiger partial charge in [0.25, 0.3) is 6.71 Å². The van der Waals surface area contributed by atoms with Crippen molar-refractivity contribution in [2.24, 2.45) is 0 Å². The van der Waals surface area contributed by atoms with Crippen molar-refractivity contribution in [3.63, 3.8) is 0 Å². The zero-order valence-electron chi connectivity index (χ0n) is 23.4. The third-order valence-electron chi connectivity index (χ3n) is 11.5. The Bertz CT molecular complexity index is 2140. The van der Waals surface area contributed by atoms with Crippen LogP contribution < -0.4 is 21.3 Å². The molecule has 4 heterocycles. The lowest BCUT2D eigenvalue weighted by atomic mass is 9.33. The van der Waals surface area contributed by atoms with Crippen molar-refractivity contribution in [1.82, 2.24) is 4.57 Å². The van der Waals surface area contributed by atoms with Crippen LogP contribution in [0.2, 0.25) is 0 Å². The molecule has 10 rings (SSSR count). The number of aromatic nitrogens is 1. The molecule has 1 aromatic heterocycles. The number of nitrogens with zero attached hydrogens (tertiary/aromatic N) is 2. The molecule has 0 amide bonds. The van der Waals surface area contributed by atoms with E-state index < -0.39 is 0 Å². The largest absolute Gasteiger partial charge is 0.335 e. The van der Waals surface area contributed by atoms with Crippen molar-refractivity contribution in [2.45, 2.75) is 57.4 Å². The van der Waals surface area contributed by atoms with E-state index in [1.807, 2.05) is 0 Å². The van der Waals surface area contributed by atoms with E-state index in [0.717, 1.165) is 0 Å². The number of para-hydroxylation sites is 2. The van der Waals surface area contributed by atoms with E-state index in [2.05, 4.69) is 115 Å². The van der Waals surface area contributed by atoms with Gasteiger partial charge in [0, 0.05) is 38.8 Å². The summed E-state index contributed by atoms with van der Waals surface area (Å²) in [5.41, 5.74) is 14.6. The first-order chi connectivity index (χ1) is 19.5. The SMILES string of the molecule is Cc1cc2c3c(c1)-n1c4ccc5ccccc5c4c4cccc(c41)B3c1cccc3c1N2C1(C)CCCCC31C. The van der Waals surface area contributed by atoms with Gasteiger partial charge in [-0.1, -0.05) is 86.5 Å². The normalized spacial score (nSPS) is 23.6. The Hall–Kier alpha value is -3.98. The highest BCUT2D eigenvalue weighted by Gasteiger charge is 2.60. The smallest absolute Gasteiger partial charge is 0.252 e. The van der Waals surface area contributed by atoms with Crippen molar-refractivity contribution in [3.05, 3.63) is 96.1 Å². The summed E-state index contributed by atoms with van der Waals surface area (Å²) in [4.78, 5) is 2.82. The molecule has 0 saturated heterocycles. The molecule has 1 fully saturated rings. The fraction of sp³-hybridized carbons (Fsp3) is 0.243. The predicted molar refractivity (Wildman–Crippen MR) is 170 cm³/mol. The average Bonchev–Trinajstić information content (AvgIpc) is 3.42. The second kappa shape index (κ2) is 6.83. The summed E-state index contributed by atoms with van der Waals surface area (Å²) in [5.74, 6) is 0. The Kier molecular flexibility index (Phi) is 3.72. The number of rotatable bonds is 0. The van der Waals surface area contributed by atoms with Gasteiger partial charge in [0.2, 0.25) is 0 Å². The van der Waals surface area contributed by atoms with E-state index in [4.69, 9.17) is 0 Å². The van der Waals surface area contributed by atoms with Crippen LogP contribution in [0.3, 0.4) is 0 Å². The fourth-order valence-electron chi connectivity index (χ4n) is 9.65. The molecule has 3 heteroatoms. The van der Waals surface area contributed by atoms with Gasteiger partial charge in [0.05, 0.1) is 11.1 Å². The number of aryl methyl sites for hydroxylation is 1. The molecule has 2 unspecified atom stereocenters. The second-order valence-electron chi connectivity index (χ2n) is 13.3. The summed E-state index contributed by atoms with van der Waals surface area (Å²) in [5, 5.41) is 5.42. The lowest BCUT2D eigenvalue weighted by Crippen LogP contribution is -2.64. The van der Waals surface area contributed by atoms with Crippen LogP contribution in [0.5, 0.6) is 0 Å². The van der Waals surface area contributed by atoms with E-state index in [1.54, 1.807) is 5.56 Å². The monoisotopic (exact) mass is 514 g/mol. The van der Waals surface area contributed by atoms with Crippen LogP contribution in [-0.4, -0.2) is 16.8 Å². The summed E-state index contributed by atoms with van der Waals surface area (Å²) in [6.45, 7) is 7.67. The molecule has 2 atom stereocenters. The van der Waals surface area contributed by atoms with E-state index in [9.17, 15) is 0 Å². The summed E-state index contributed by atoms with van der Waals surface area (Å²) in [7, 11) is 0. The van der Waals surface area contributed by atoms with Crippen LogP contribution in [0.15, 0.2) is 84.9 Å². The van der Waals surface area contributed by atoms with Crippen LogP contribution >= 0.6 is 0 Å². The number of anilines is 2. The molecular weight excluding hydrogens is 483 g/mol. The van der Waals surface area contributed by atoms with Crippen LogP contribution in [0.1, 0.15) is 50.7 Å². The van der Waals surface area contributed by atoms with Crippen LogP contribution in [0, 0.1) is 6.92 Å². The van der Waals surface area contributed by atoms with E-state index in [-0.39, 0.29) is 17.7 Å². The Morgan fingerprint density at radius 3 is 2.45 bits per heavy atom. The van der Waals surface area contributed by atoms with Crippen molar-refractivity contribution in [1.29, 1.82) is 0 Å². The maximum Gasteiger partial charge on any atom is 0.252 e. The van der Waals surface area contributed by atoms with Gasteiger partial charge in [-0.15, -0.1) is 0 Å². The molecule has 0 spiro atoms. The first-order valence-electron chi connectivity index (χ1n) is 15.0. The van der Waals surface area contributed by atoms with Crippen molar-refractivity contribution < 1.29 is 0 Å². The number of hydrogen-bond acceptors (Lipinski definition) is 1. The van der Waals surface area contributed by atoms with Crippen molar-refractivity contribution in [2.75, 3.05) is 4.90 Å². The molecule has 2 nitrogen and oxygen atoms in total. The molecular formula is C37H31BN2. The number of hydrogen-bond donors (Lipinski definition) is 0. The van der Waals surface area contributed by atoms with Gasteiger partial charge in [0.15, 0.2) is 0 Å². The third-order valence-corrected chi connectivity index (χ3v) is 11.5. The Morgan fingerprint density at radius 2 is 1.52 bits per heavy atom. The number of fused-ring (bicyclic) bond motifs is 12. The maximum absolute atomic E-state index is 2.82. The van der Waals surface area contributed by atoms with Crippen molar-refractivity contribution in [3.8, 4) is 5.69 Å². The highest BCUT2D eigenvalue weighted by molar-refractivity contribution is 7.00. The molecule has 5 aromatic carbocycles. The highest BCUT2D eigenvalue weighted by atomic mass is 15.3. The van der Waals surface area contributed by atoms with Gasteiger partial charge in [-0.25, -0.2) is 0 Å². The molecule has 6 aromatic rings. The summed E-state index contributed by atoms with van der Waals surface area (Å²) in [6, 6.07) is 32.9. The molecule has 192 valence electrons. The minimum Gasteiger partial charge on any atom is -0.335 e. The molecule has 40 heavy (non-hydrogen) atoms. The third kappa shape index (κ3) is 2.19. The van der Waals surface area contributed by atoms with Gasteiger partial charge >= 0.3 is 0 Å². The molecule has 1 aliphatic carbocycles. The first-order valence-corrected chi connectivity index (χ1v) is 15.0. The van der Waals surface area contributed by atoms with Crippen LogP contribution in [0.25, 0.3) is 38.3 Å². The number of benzene rings is 5. The molecule has 1 saturated carbocycles. The molecule has 0 N–H and O–H groups in total. The van der Waals surface area contributed by atoms with Gasteiger partial charge in [-0.2, -0.15) is 0 Å².